The maximum absolute atomic E-state index is 10.4. The Hall–Kier alpha value is -2.19. The lowest BCUT2D eigenvalue weighted by atomic mass is 10.0. The van der Waals surface area contributed by atoms with E-state index in [9.17, 15) is 4.79 Å². The molecule has 2 rings (SSSR count). The van der Waals surface area contributed by atoms with Gasteiger partial charge in [0.05, 0.1) is 22.8 Å². The summed E-state index contributed by atoms with van der Waals surface area (Å²) in [7, 11) is 0. The molecule has 1 N–H and O–H groups in total. The largest absolute Gasteiger partial charge is 0.339 e. The van der Waals surface area contributed by atoms with Crippen LogP contribution in [0.2, 0.25) is 5.02 Å². The second-order valence-electron chi connectivity index (χ2n) is 3.28. The quantitative estimate of drug-likeness (QED) is 0.835. The van der Waals surface area contributed by atoms with Crippen LogP contribution >= 0.6 is 11.6 Å². The molecule has 0 fully saturated rings. The van der Waals surface area contributed by atoms with Crippen LogP contribution in [0.4, 0.5) is 0 Å². The molecule has 17 heavy (non-hydrogen) atoms. The van der Waals surface area contributed by atoms with Crippen LogP contribution < -0.4 is 5.32 Å². The second-order valence-corrected chi connectivity index (χ2v) is 3.69. The van der Waals surface area contributed by atoms with Crippen LogP contribution in [0.1, 0.15) is 11.6 Å². The fraction of sp³-hybridized carbons (Fsp3) is 0.0909. The van der Waals surface area contributed by atoms with Crippen molar-refractivity contribution in [1.82, 2.24) is 15.5 Å². The van der Waals surface area contributed by atoms with Crippen molar-refractivity contribution in [3.8, 4) is 6.07 Å². The van der Waals surface area contributed by atoms with Gasteiger partial charge in [-0.05, 0) is 11.6 Å². The third kappa shape index (κ3) is 2.03. The summed E-state index contributed by atoms with van der Waals surface area (Å²) in [5.74, 6) is 0. The zero-order valence-electron chi connectivity index (χ0n) is 8.59. The Balaban J connectivity index is 2.69. The van der Waals surface area contributed by atoms with E-state index in [0.717, 1.165) is 0 Å². The van der Waals surface area contributed by atoms with E-state index in [2.05, 4.69) is 15.5 Å². The number of nitrogens with one attached hydrogen (secondary N) is 1. The van der Waals surface area contributed by atoms with Crippen LogP contribution in [0.15, 0.2) is 24.4 Å². The average Bonchev–Trinajstić information content (AvgIpc) is 2.36. The fourth-order valence-corrected chi connectivity index (χ4v) is 1.86. The minimum Gasteiger partial charge on any atom is -0.339 e. The highest BCUT2D eigenvalue weighted by Gasteiger charge is 2.15. The molecule has 2 aromatic rings. The molecule has 0 aliphatic heterocycles. The van der Waals surface area contributed by atoms with E-state index in [-0.39, 0.29) is 0 Å². The SMILES string of the molecule is N#CC(NC=O)c1cccc2nncc(Cl)c12. The molecule has 1 amide bonds. The summed E-state index contributed by atoms with van der Waals surface area (Å²) in [6.45, 7) is 0. The molecule has 5 nitrogen and oxygen atoms in total. The van der Waals surface area contributed by atoms with Crippen molar-refractivity contribution in [3.05, 3.63) is 35.0 Å². The average molecular weight is 247 g/mol. The van der Waals surface area contributed by atoms with Gasteiger partial charge >= 0.3 is 0 Å². The van der Waals surface area contributed by atoms with Crippen molar-refractivity contribution < 1.29 is 4.79 Å². The summed E-state index contributed by atoms with van der Waals surface area (Å²) >= 11 is 6.04. The van der Waals surface area contributed by atoms with Gasteiger partial charge in [-0.1, -0.05) is 23.7 Å². The lowest BCUT2D eigenvalue weighted by Crippen LogP contribution is -2.18. The van der Waals surface area contributed by atoms with Gasteiger partial charge in [0.2, 0.25) is 6.41 Å². The summed E-state index contributed by atoms with van der Waals surface area (Å²) in [5, 5.41) is 20.1. The number of carbonyl (C=O) groups is 1. The molecule has 1 heterocycles. The van der Waals surface area contributed by atoms with Gasteiger partial charge in [0.1, 0.15) is 6.04 Å². The first-order valence-corrected chi connectivity index (χ1v) is 5.15. The molecule has 0 saturated carbocycles. The first-order valence-electron chi connectivity index (χ1n) is 4.77. The summed E-state index contributed by atoms with van der Waals surface area (Å²) in [6.07, 6.45) is 1.89. The van der Waals surface area contributed by atoms with E-state index >= 15 is 0 Å². The fourth-order valence-electron chi connectivity index (χ4n) is 1.61. The topological polar surface area (TPSA) is 78.7 Å². The van der Waals surface area contributed by atoms with E-state index in [0.29, 0.717) is 27.9 Å². The number of halogens is 1. The number of nitriles is 1. The summed E-state index contributed by atoms with van der Waals surface area (Å²) in [6, 6.07) is 6.44. The predicted molar refractivity (Wildman–Crippen MR) is 62.1 cm³/mol. The lowest BCUT2D eigenvalue weighted by Gasteiger charge is -2.11. The smallest absolute Gasteiger partial charge is 0.208 e. The number of aromatic nitrogens is 2. The van der Waals surface area contributed by atoms with E-state index in [4.69, 9.17) is 16.9 Å². The van der Waals surface area contributed by atoms with Gasteiger partial charge in [0.15, 0.2) is 0 Å². The minimum atomic E-state index is -0.752. The Kier molecular flexibility index (Phi) is 3.17. The Morgan fingerprint density at radius 3 is 3.06 bits per heavy atom. The Morgan fingerprint density at radius 1 is 1.53 bits per heavy atom. The van der Waals surface area contributed by atoms with Gasteiger partial charge in [0, 0.05) is 5.39 Å². The first-order chi connectivity index (χ1) is 8.27. The Morgan fingerprint density at radius 2 is 2.35 bits per heavy atom. The van der Waals surface area contributed by atoms with E-state index < -0.39 is 6.04 Å². The Labute approximate surface area is 102 Å². The zero-order chi connectivity index (χ0) is 12.3. The highest BCUT2D eigenvalue weighted by molar-refractivity contribution is 6.35. The summed E-state index contributed by atoms with van der Waals surface area (Å²) in [5.41, 5.74) is 1.19. The van der Waals surface area contributed by atoms with Crippen molar-refractivity contribution >= 4 is 28.9 Å². The van der Waals surface area contributed by atoms with E-state index in [1.807, 2.05) is 6.07 Å². The van der Waals surface area contributed by atoms with Crippen molar-refractivity contribution in [3.63, 3.8) is 0 Å². The maximum Gasteiger partial charge on any atom is 0.208 e. The van der Waals surface area contributed by atoms with Crippen molar-refractivity contribution in [2.45, 2.75) is 6.04 Å². The highest BCUT2D eigenvalue weighted by Crippen LogP contribution is 2.28. The lowest BCUT2D eigenvalue weighted by molar-refractivity contribution is -0.109. The number of hydrogen-bond donors (Lipinski definition) is 1. The molecule has 0 radical (unpaired) electrons. The molecule has 1 aromatic heterocycles. The molecule has 0 saturated heterocycles. The summed E-state index contributed by atoms with van der Waals surface area (Å²) in [4.78, 5) is 10.4. The van der Waals surface area contributed by atoms with Crippen LogP contribution in [-0.4, -0.2) is 16.6 Å². The van der Waals surface area contributed by atoms with E-state index in [1.54, 1.807) is 18.2 Å². The molecule has 0 aliphatic rings. The van der Waals surface area contributed by atoms with E-state index in [1.165, 1.54) is 6.20 Å². The molecule has 0 spiro atoms. The number of benzene rings is 1. The summed E-state index contributed by atoms with van der Waals surface area (Å²) < 4.78 is 0. The van der Waals surface area contributed by atoms with Gasteiger partial charge in [-0.2, -0.15) is 15.5 Å². The number of hydrogen-bond acceptors (Lipinski definition) is 4. The van der Waals surface area contributed by atoms with Crippen LogP contribution in [0.5, 0.6) is 0 Å². The van der Waals surface area contributed by atoms with Crippen LogP contribution in [0.3, 0.4) is 0 Å². The monoisotopic (exact) mass is 246 g/mol. The van der Waals surface area contributed by atoms with Gasteiger partial charge in [-0.3, -0.25) is 4.79 Å². The number of carbonyl (C=O) groups excluding carboxylic acids is 1. The van der Waals surface area contributed by atoms with Crippen molar-refractivity contribution in [2.24, 2.45) is 0 Å². The maximum atomic E-state index is 10.4. The van der Waals surface area contributed by atoms with Gasteiger partial charge in [-0.15, -0.1) is 0 Å². The van der Waals surface area contributed by atoms with Gasteiger partial charge < -0.3 is 5.32 Å². The first kappa shape index (κ1) is 11.3. The molecule has 1 aromatic carbocycles. The third-order valence-corrected chi connectivity index (χ3v) is 2.61. The second kappa shape index (κ2) is 4.76. The molecule has 1 unspecified atom stereocenters. The van der Waals surface area contributed by atoms with Crippen molar-refractivity contribution in [1.29, 1.82) is 5.26 Å². The van der Waals surface area contributed by atoms with Crippen LogP contribution in [0, 0.1) is 11.3 Å². The predicted octanol–water partition coefficient (Wildman–Crippen LogP) is 1.59. The highest BCUT2D eigenvalue weighted by atomic mass is 35.5. The van der Waals surface area contributed by atoms with Crippen LogP contribution in [-0.2, 0) is 4.79 Å². The van der Waals surface area contributed by atoms with Gasteiger partial charge in [0.25, 0.3) is 0 Å². The number of nitrogens with zero attached hydrogens (tertiary/aromatic N) is 3. The minimum absolute atomic E-state index is 0.401. The number of fused-ring (bicyclic) bond motifs is 1. The molecule has 6 heteroatoms. The molecular formula is C11H7ClN4O. The van der Waals surface area contributed by atoms with Crippen molar-refractivity contribution in [2.75, 3.05) is 0 Å². The Bertz CT molecular complexity index is 603. The normalized spacial score (nSPS) is 11.8. The molecular weight excluding hydrogens is 240 g/mol. The van der Waals surface area contributed by atoms with Crippen LogP contribution in [0.25, 0.3) is 10.9 Å². The molecule has 1 atom stereocenters. The third-order valence-electron chi connectivity index (χ3n) is 2.32. The number of rotatable bonds is 3. The molecule has 0 aliphatic carbocycles. The standard InChI is InChI=1S/C11H7ClN4O/c12-8-5-15-16-9-3-1-2-7(11(8)9)10(4-13)14-6-17/h1-3,5-6,10H,(H,14,17). The van der Waals surface area contributed by atoms with Gasteiger partial charge in [-0.25, -0.2) is 0 Å². The molecule has 84 valence electrons. The zero-order valence-corrected chi connectivity index (χ0v) is 9.35. The molecule has 0 bridgehead atoms. The number of amides is 1.